The zero-order valence-corrected chi connectivity index (χ0v) is 17.9. The van der Waals surface area contributed by atoms with Crippen LogP contribution in [0.1, 0.15) is 66.2 Å². The summed E-state index contributed by atoms with van der Waals surface area (Å²) in [6, 6.07) is 0. The molecule has 28 heavy (non-hydrogen) atoms. The Morgan fingerprint density at radius 2 is 1.79 bits per heavy atom. The van der Waals surface area contributed by atoms with Crippen LogP contribution in [0.15, 0.2) is 0 Å². The topological polar surface area (TPSA) is 61.4 Å². The van der Waals surface area contributed by atoms with E-state index < -0.39 is 5.92 Å². The number of amides is 2. The van der Waals surface area contributed by atoms with E-state index in [-0.39, 0.29) is 42.0 Å². The zero-order chi connectivity index (χ0) is 21.0. The minimum absolute atomic E-state index is 0.00580. The second kappa shape index (κ2) is 9.06. The first-order chi connectivity index (χ1) is 13.0. The van der Waals surface area contributed by atoms with Gasteiger partial charge in [-0.1, -0.05) is 20.8 Å². The minimum atomic E-state index is -2.48. The van der Waals surface area contributed by atoms with Crippen LogP contribution in [0.2, 0.25) is 0 Å². The lowest BCUT2D eigenvalue weighted by Gasteiger charge is -2.29. The van der Waals surface area contributed by atoms with E-state index >= 15 is 0 Å². The Balaban J connectivity index is 1.58. The number of halogens is 2. The first-order valence-electron chi connectivity index (χ1n) is 10.6. The van der Waals surface area contributed by atoms with Gasteiger partial charge in [-0.15, -0.1) is 0 Å². The van der Waals surface area contributed by atoms with Crippen LogP contribution in [0, 0.1) is 16.7 Å². The van der Waals surface area contributed by atoms with Crippen LogP contribution in [0.5, 0.6) is 0 Å². The van der Waals surface area contributed by atoms with E-state index in [1.165, 1.54) is 0 Å². The molecule has 7 heteroatoms. The third kappa shape index (κ3) is 6.98. The number of nitrogens with one attached hydrogen (secondary N) is 2. The molecule has 1 unspecified atom stereocenters. The quantitative estimate of drug-likeness (QED) is 0.624. The van der Waals surface area contributed by atoms with Crippen LogP contribution >= 0.6 is 0 Å². The van der Waals surface area contributed by atoms with Gasteiger partial charge >= 0.3 is 0 Å². The number of rotatable bonds is 9. The molecule has 1 spiro atoms. The van der Waals surface area contributed by atoms with Crippen LogP contribution in [0.3, 0.4) is 0 Å². The van der Waals surface area contributed by atoms with Crippen molar-refractivity contribution in [2.45, 2.75) is 72.1 Å². The molecule has 2 aliphatic carbocycles. The highest BCUT2D eigenvalue weighted by Crippen LogP contribution is 2.63. The molecule has 2 N–H and O–H groups in total. The fraction of sp³-hybridized carbons (Fsp3) is 0.905. The molecule has 5 nitrogen and oxygen atoms in total. The smallest absolute Gasteiger partial charge is 0.248 e. The maximum absolute atomic E-state index is 13.3. The average molecular weight is 402 g/mol. The van der Waals surface area contributed by atoms with Gasteiger partial charge in [0.15, 0.2) is 0 Å². The summed E-state index contributed by atoms with van der Waals surface area (Å²) >= 11 is 0. The van der Waals surface area contributed by atoms with Crippen LogP contribution in [0.4, 0.5) is 8.78 Å². The summed E-state index contributed by atoms with van der Waals surface area (Å²) < 4.78 is 26.6. The van der Waals surface area contributed by atoms with Gasteiger partial charge in [0.1, 0.15) is 0 Å². The first-order valence-corrected chi connectivity index (χ1v) is 10.6. The lowest BCUT2D eigenvalue weighted by Crippen LogP contribution is -2.42. The molecule has 0 aliphatic heterocycles. The number of likely N-dealkylation sites (N-methyl/N-ethyl adjacent to an activating group) is 1. The summed E-state index contributed by atoms with van der Waals surface area (Å²) in [5.41, 5.74) is 0.0479. The summed E-state index contributed by atoms with van der Waals surface area (Å²) in [5.74, 6) is -2.04. The van der Waals surface area contributed by atoms with E-state index in [0.717, 1.165) is 6.42 Å². The van der Waals surface area contributed by atoms with Crippen LogP contribution in [0.25, 0.3) is 0 Å². The molecule has 0 aromatic carbocycles. The van der Waals surface area contributed by atoms with Crippen molar-refractivity contribution < 1.29 is 18.4 Å². The molecule has 162 valence electrons. The van der Waals surface area contributed by atoms with Crippen molar-refractivity contribution in [2.75, 3.05) is 32.7 Å². The van der Waals surface area contributed by atoms with Crippen molar-refractivity contribution in [3.8, 4) is 0 Å². The van der Waals surface area contributed by atoms with Crippen LogP contribution < -0.4 is 10.6 Å². The molecule has 0 radical (unpaired) electrons. The maximum Gasteiger partial charge on any atom is 0.248 e. The molecule has 2 rings (SSSR count). The first kappa shape index (κ1) is 23.0. The van der Waals surface area contributed by atoms with Crippen molar-refractivity contribution in [3.05, 3.63) is 0 Å². The second-order valence-electron chi connectivity index (χ2n) is 9.81. The molecule has 2 amide bonds. The highest BCUT2D eigenvalue weighted by Gasteiger charge is 2.57. The van der Waals surface area contributed by atoms with Crippen LogP contribution in [-0.4, -0.2) is 55.4 Å². The van der Waals surface area contributed by atoms with E-state index in [1.54, 1.807) is 4.90 Å². The van der Waals surface area contributed by atoms with Crippen LogP contribution in [-0.2, 0) is 9.59 Å². The Bertz CT molecular complexity index is 550. The highest BCUT2D eigenvalue weighted by atomic mass is 19.3. The molecule has 2 aliphatic rings. The molecule has 1 atom stereocenters. The number of hydrogen-bond acceptors (Lipinski definition) is 3. The number of carbonyl (C=O) groups excluding carboxylic acids is 2. The van der Waals surface area contributed by atoms with Gasteiger partial charge in [0, 0.05) is 38.9 Å². The van der Waals surface area contributed by atoms with Crippen molar-refractivity contribution in [3.63, 3.8) is 0 Å². The zero-order valence-electron chi connectivity index (χ0n) is 17.9. The van der Waals surface area contributed by atoms with E-state index in [0.29, 0.717) is 51.4 Å². The molecule has 0 bridgehead atoms. The van der Waals surface area contributed by atoms with E-state index in [9.17, 15) is 18.4 Å². The van der Waals surface area contributed by atoms with Gasteiger partial charge in [-0.05, 0) is 49.5 Å². The summed E-state index contributed by atoms with van der Waals surface area (Å²) in [6.45, 7) is 10.6. The molecule has 0 aromatic heterocycles. The number of hydrogen-bond donors (Lipinski definition) is 2. The van der Waals surface area contributed by atoms with Gasteiger partial charge in [0.05, 0.1) is 6.54 Å². The van der Waals surface area contributed by atoms with Gasteiger partial charge in [-0.25, -0.2) is 8.78 Å². The van der Waals surface area contributed by atoms with E-state index in [2.05, 4.69) is 10.6 Å². The van der Waals surface area contributed by atoms with Gasteiger partial charge < -0.3 is 15.5 Å². The standard InChI is InChI=1S/C21H37F2N3O2/c1-5-26(18(28)13-19(2,3)4)11-10-25-17(27)15-24-14-16-12-20(16)6-8-21(22,23)9-7-20/h16,24H,5-15H2,1-4H3,(H,25,27). The Morgan fingerprint density at radius 3 is 2.36 bits per heavy atom. The fourth-order valence-electron chi connectivity index (χ4n) is 4.22. The monoisotopic (exact) mass is 401 g/mol. The third-order valence-corrected chi connectivity index (χ3v) is 6.13. The predicted octanol–water partition coefficient (Wildman–Crippen LogP) is 3.19. The van der Waals surface area contributed by atoms with E-state index in [4.69, 9.17) is 0 Å². The minimum Gasteiger partial charge on any atom is -0.353 e. The number of nitrogens with zero attached hydrogens (tertiary/aromatic N) is 1. The van der Waals surface area contributed by atoms with Gasteiger partial charge in [-0.3, -0.25) is 9.59 Å². The number of carbonyl (C=O) groups is 2. The number of alkyl halides is 2. The summed E-state index contributed by atoms with van der Waals surface area (Å²) in [6.07, 6.45) is 2.71. The van der Waals surface area contributed by atoms with Crippen molar-refractivity contribution >= 4 is 11.8 Å². The average Bonchev–Trinajstić information content (AvgIpc) is 3.26. The van der Waals surface area contributed by atoms with E-state index in [1.807, 2.05) is 27.7 Å². The molecular formula is C21H37F2N3O2. The maximum atomic E-state index is 13.3. The molecule has 2 fully saturated rings. The van der Waals surface area contributed by atoms with Crippen molar-refractivity contribution in [2.24, 2.45) is 16.7 Å². The summed E-state index contributed by atoms with van der Waals surface area (Å²) in [5, 5.41) is 6.01. The Hall–Kier alpha value is -1.24. The highest BCUT2D eigenvalue weighted by molar-refractivity contribution is 5.78. The third-order valence-electron chi connectivity index (χ3n) is 6.13. The Labute approximate surface area is 168 Å². The second-order valence-corrected chi connectivity index (χ2v) is 9.81. The Morgan fingerprint density at radius 1 is 1.14 bits per heavy atom. The molecule has 0 heterocycles. The summed E-state index contributed by atoms with van der Waals surface area (Å²) in [4.78, 5) is 26.0. The summed E-state index contributed by atoms with van der Waals surface area (Å²) in [7, 11) is 0. The Kier molecular flexibility index (Phi) is 7.45. The lowest BCUT2D eigenvalue weighted by molar-refractivity contribution is -0.133. The van der Waals surface area contributed by atoms with Gasteiger partial charge in [0.2, 0.25) is 17.7 Å². The molecule has 0 saturated heterocycles. The molecular weight excluding hydrogens is 364 g/mol. The predicted molar refractivity (Wildman–Crippen MR) is 106 cm³/mol. The SMILES string of the molecule is CCN(CCNC(=O)CNCC1CC12CCC(F)(F)CC2)C(=O)CC(C)(C)C. The van der Waals surface area contributed by atoms with Crippen molar-refractivity contribution in [1.82, 2.24) is 15.5 Å². The largest absolute Gasteiger partial charge is 0.353 e. The molecule has 2 saturated carbocycles. The molecule has 0 aromatic rings. The normalized spacial score (nSPS) is 22.7. The van der Waals surface area contributed by atoms with Crippen molar-refractivity contribution in [1.29, 1.82) is 0 Å². The lowest BCUT2D eigenvalue weighted by atomic mass is 9.82. The van der Waals surface area contributed by atoms with Gasteiger partial charge in [-0.2, -0.15) is 0 Å². The van der Waals surface area contributed by atoms with Gasteiger partial charge in [0.25, 0.3) is 0 Å². The fourth-order valence-corrected chi connectivity index (χ4v) is 4.22.